The second-order valence-electron chi connectivity index (χ2n) is 3.89. The highest BCUT2D eigenvalue weighted by Crippen LogP contribution is 2.26. The Morgan fingerprint density at radius 2 is 2.10 bits per heavy atom. The third-order valence-electron chi connectivity index (χ3n) is 2.31. The molecule has 0 bridgehead atoms. The summed E-state index contributed by atoms with van der Waals surface area (Å²) in [6, 6.07) is 1.39. The topological polar surface area (TPSA) is 97.1 Å². The van der Waals surface area contributed by atoms with Gasteiger partial charge in [-0.1, -0.05) is 16.8 Å². The Morgan fingerprint density at radius 3 is 2.71 bits per heavy atom. The van der Waals surface area contributed by atoms with Crippen molar-refractivity contribution >= 4 is 29.2 Å². The van der Waals surface area contributed by atoms with E-state index in [2.05, 4.69) is 15.6 Å². The Labute approximate surface area is 121 Å². The SMILES string of the molecule is O=C(O)Cn1cc(C(=O)Nc2c(F)cc(F)cc2Cl)nn1. The highest BCUT2D eigenvalue weighted by Gasteiger charge is 2.17. The van der Waals surface area contributed by atoms with Gasteiger partial charge in [0.25, 0.3) is 5.91 Å². The number of nitrogens with one attached hydrogen (secondary N) is 1. The lowest BCUT2D eigenvalue weighted by Crippen LogP contribution is -2.14. The van der Waals surface area contributed by atoms with Gasteiger partial charge in [-0.25, -0.2) is 13.5 Å². The lowest BCUT2D eigenvalue weighted by atomic mass is 10.3. The molecule has 1 heterocycles. The molecule has 1 aromatic heterocycles. The second-order valence-corrected chi connectivity index (χ2v) is 4.30. The van der Waals surface area contributed by atoms with Crippen LogP contribution in [0.4, 0.5) is 14.5 Å². The van der Waals surface area contributed by atoms with E-state index < -0.39 is 35.7 Å². The zero-order chi connectivity index (χ0) is 15.6. The van der Waals surface area contributed by atoms with E-state index >= 15 is 0 Å². The second kappa shape index (κ2) is 5.83. The van der Waals surface area contributed by atoms with Gasteiger partial charge in [0, 0.05) is 6.07 Å². The van der Waals surface area contributed by atoms with Crippen molar-refractivity contribution in [2.75, 3.05) is 5.32 Å². The maximum atomic E-state index is 13.5. The number of carboxylic acid groups (broad SMARTS) is 1. The Balaban J connectivity index is 2.18. The molecule has 1 aromatic carbocycles. The van der Waals surface area contributed by atoms with Crippen molar-refractivity contribution in [1.29, 1.82) is 0 Å². The lowest BCUT2D eigenvalue weighted by molar-refractivity contribution is -0.137. The number of rotatable bonds is 4. The minimum atomic E-state index is -1.17. The van der Waals surface area contributed by atoms with Crippen LogP contribution in [-0.4, -0.2) is 32.0 Å². The van der Waals surface area contributed by atoms with E-state index in [0.29, 0.717) is 6.07 Å². The number of anilines is 1. The zero-order valence-corrected chi connectivity index (χ0v) is 10.9. The number of carbonyl (C=O) groups excluding carboxylic acids is 1. The van der Waals surface area contributed by atoms with Crippen LogP contribution < -0.4 is 5.32 Å². The number of halogens is 3. The first-order valence-electron chi connectivity index (χ1n) is 5.44. The van der Waals surface area contributed by atoms with Crippen LogP contribution in [0, 0.1) is 11.6 Å². The van der Waals surface area contributed by atoms with Crippen LogP contribution in [0.25, 0.3) is 0 Å². The average Bonchev–Trinajstić information content (AvgIpc) is 2.81. The molecule has 0 aliphatic rings. The minimum absolute atomic E-state index is 0.240. The van der Waals surface area contributed by atoms with E-state index in [9.17, 15) is 18.4 Å². The number of aromatic nitrogens is 3. The summed E-state index contributed by atoms with van der Waals surface area (Å²) in [4.78, 5) is 22.3. The van der Waals surface area contributed by atoms with Gasteiger partial charge >= 0.3 is 5.97 Å². The molecular formula is C11H7ClF2N4O3. The van der Waals surface area contributed by atoms with Crippen LogP contribution in [0.3, 0.4) is 0 Å². The molecule has 0 saturated carbocycles. The van der Waals surface area contributed by atoms with Crippen LogP contribution in [0.5, 0.6) is 0 Å². The predicted octanol–water partition coefficient (Wildman–Crippen LogP) is 1.55. The molecule has 2 N–H and O–H groups in total. The van der Waals surface area contributed by atoms with Crippen molar-refractivity contribution in [3.05, 3.63) is 40.7 Å². The van der Waals surface area contributed by atoms with Crippen LogP contribution in [-0.2, 0) is 11.3 Å². The molecule has 0 atom stereocenters. The summed E-state index contributed by atoms with van der Waals surface area (Å²) >= 11 is 5.63. The van der Waals surface area contributed by atoms with Gasteiger partial charge in [-0.3, -0.25) is 9.59 Å². The van der Waals surface area contributed by atoms with Gasteiger partial charge < -0.3 is 10.4 Å². The average molecular weight is 317 g/mol. The van der Waals surface area contributed by atoms with Gasteiger partial charge in [-0.15, -0.1) is 5.10 Å². The van der Waals surface area contributed by atoms with Gasteiger partial charge in [-0.05, 0) is 6.07 Å². The highest BCUT2D eigenvalue weighted by molar-refractivity contribution is 6.33. The number of aliphatic carboxylic acids is 1. The van der Waals surface area contributed by atoms with Crippen molar-refractivity contribution in [3.8, 4) is 0 Å². The smallest absolute Gasteiger partial charge is 0.325 e. The summed E-state index contributed by atoms with van der Waals surface area (Å²) < 4.78 is 27.3. The maximum absolute atomic E-state index is 13.5. The summed E-state index contributed by atoms with van der Waals surface area (Å²) in [7, 11) is 0. The first kappa shape index (κ1) is 14.9. The summed E-state index contributed by atoms with van der Waals surface area (Å²) in [5, 5.41) is 17.2. The third kappa shape index (κ3) is 3.51. The van der Waals surface area contributed by atoms with Gasteiger partial charge in [-0.2, -0.15) is 0 Å². The molecule has 2 rings (SSSR count). The quantitative estimate of drug-likeness (QED) is 0.892. The molecule has 10 heteroatoms. The molecule has 0 aliphatic heterocycles. The van der Waals surface area contributed by atoms with Crippen molar-refractivity contribution in [3.63, 3.8) is 0 Å². The molecule has 0 spiro atoms. The third-order valence-corrected chi connectivity index (χ3v) is 2.61. The Hall–Kier alpha value is -2.55. The number of nitrogens with zero attached hydrogens (tertiary/aromatic N) is 3. The van der Waals surface area contributed by atoms with Crippen LogP contribution >= 0.6 is 11.6 Å². The minimum Gasteiger partial charge on any atom is -0.480 e. The fraction of sp³-hybridized carbons (Fsp3) is 0.0909. The Bertz CT molecular complexity index is 696. The number of carboxylic acids is 1. The summed E-state index contributed by atoms with van der Waals surface area (Å²) in [5.41, 5.74) is -0.646. The fourth-order valence-corrected chi connectivity index (χ4v) is 1.70. The number of carbonyl (C=O) groups is 2. The molecule has 1 amide bonds. The van der Waals surface area contributed by atoms with E-state index in [1.165, 1.54) is 0 Å². The number of amides is 1. The van der Waals surface area contributed by atoms with E-state index in [1.54, 1.807) is 0 Å². The fourth-order valence-electron chi connectivity index (χ4n) is 1.46. The molecule has 2 aromatic rings. The number of hydrogen-bond acceptors (Lipinski definition) is 4. The molecule has 0 unspecified atom stereocenters. The van der Waals surface area contributed by atoms with Crippen molar-refractivity contribution in [1.82, 2.24) is 15.0 Å². The van der Waals surface area contributed by atoms with Crippen LogP contribution in [0.1, 0.15) is 10.5 Å². The Morgan fingerprint density at radius 1 is 1.38 bits per heavy atom. The van der Waals surface area contributed by atoms with Gasteiger partial charge in [0.15, 0.2) is 11.5 Å². The first-order valence-corrected chi connectivity index (χ1v) is 5.82. The molecule has 110 valence electrons. The van der Waals surface area contributed by atoms with E-state index in [4.69, 9.17) is 16.7 Å². The standard InChI is InChI=1S/C11H7ClF2N4O3/c12-6-1-5(13)2-7(14)10(6)15-11(21)8-3-18(17-16-8)4-9(19)20/h1-3H,4H2,(H,15,21)(H,19,20). The zero-order valence-electron chi connectivity index (χ0n) is 10.2. The molecule has 0 aliphatic carbocycles. The van der Waals surface area contributed by atoms with Gasteiger partial charge in [0.1, 0.15) is 12.4 Å². The monoisotopic (exact) mass is 316 g/mol. The van der Waals surface area contributed by atoms with Crippen LogP contribution in [0.15, 0.2) is 18.3 Å². The number of hydrogen-bond donors (Lipinski definition) is 2. The van der Waals surface area contributed by atoms with E-state index in [-0.39, 0.29) is 10.7 Å². The van der Waals surface area contributed by atoms with E-state index in [0.717, 1.165) is 16.9 Å². The molecular weight excluding hydrogens is 310 g/mol. The summed E-state index contributed by atoms with van der Waals surface area (Å²) in [6.45, 7) is -0.480. The predicted molar refractivity (Wildman–Crippen MR) is 67.0 cm³/mol. The summed E-state index contributed by atoms with van der Waals surface area (Å²) in [5.74, 6) is -3.97. The van der Waals surface area contributed by atoms with E-state index in [1.807, 2.05) is 0 Å². The van der Waals surface area contributed by atoms with Crippen LogP contribution in [0.2, 0.25) is 5.02 Å². The summed E-state index contributed by atoms with van der Waals surface area (Å²) in [6.07, 6.45) is 1.07. The molecule has 0 fully saturated rings. The maximum Gasteiger partial charge on any atom is 0.325 e. The highest BCUT2D eigenvalue weighted by atomic mass is 35.5. The van der Waals surface area contributed by atoms with Gasteiger partial charge in [0.2, 0.25) is 0 Å². The lowest BCUT2D eigenvalue weighted by Gasteiger charge is -2.06. The molecule has 0 radical (unpaired) electrons. The van der Waals surface area contributed by atoms with Crippen molar-refractivity contribution < 1.29 is 23.5 Å². The van der Waals surface area contributed by atoms with Crippen molar-refractivity contribution in [2.24, 2.45) is 0 Å². The molecule has 0 saturated heterocycles. The first-order chi connectivity index (χ1) is 9.86. The largest absolute Gasteiger partial charge is 0.480 e. The van der Waals surface area contributed by atoms with Gasteiger partial charge in [0.05, 0.1) is 16.9 Å². The molecule has 7 nitrogen and oxygen atoms in total. The molecule has 21 heavy (non-hydrogen) atoms. The number of benzene rings is 1. The normalized spacial score (nSPS) is 10.4. The Kier molecular flexibility index (Phi) is 4.13. The van der Waals surface area contributed by atoms with Crippen molar-refractivity contribution in [2.45, 2.75) is 6.54 Å².